The van der Waals surface area contributed by atoms with Gasteiger partial charge in [0.05, 0.1) is 17.4 Å². The summed E-state index contributed by atoms with van der Waals surface area (Å²) in [5.74, 6) is 0. The van der Waals surface area contributed by atoms with Crippen molar-refractivity contribution in [3.8, 4) is 0 Å². The number of rotatable bonds is 4. The third-order valence-electron chi connectivity index (χ3n) is 3.57. The minimum atomic E-state index is 0.163. The van der Waals surface area contributed by atoms with Gasteiger partial charge in [-0.25, -0.2) is 0 Å². The highest BCUT2D eigenvalue weighted by Crippen LogP contribution is 2.24. The monoisotopic (exact) mass is 266 g/mol. The predicted octanol–water partition coefficient (Wildman–Crippen LogP) is 2.47. The Labute approximate surface area is 118 Å². The van der Waals surface area contributed by atoms with Crippen LogP contribution in [-0.4, -0.2) is 21.8 Å². The first-order valence-electron chi connectivity index (χ1n) is 6.77. The van der Waals surface area contributed by atoms with Crippen LogP contribution in [0.1, 0.15) is 17.4 Å². The van der Waals surface area contributed by atoms with Gasteiger partial charge in [0.15, 0.2) is 0 Å². The van der Waals surface area contributed by atoms with Crippen molar-refractivity contribution in [3.05, 3.63) is 60.2 Å². The van der Waals surface area contributed by atoms with Crippen molar-refractivity contribution in [1.82, 2.24) is 20.1 Å². The second kappa shape index (κ2) is 5.43. The lowest BCUT2D eigenvalue weighted by Gasteiger charge is -2.16. The summed E-state index contributed by atoms with van der Waals surface area (Å²) in [5.41, 5.74) is 2.15. The van der Waals surface area contributed by atoms with E-state index in [9.17, 15) is 0 Å². The van der Waals surface area contributed by atoms with Crippen molar-refractivity contribution in [1.29, 1.82) is 0 Å². The first kappa shape index (κ1) is 12.8. The third-order valence-corrected chi connectivity index (χ3v) is 3.57. The first-order chi connectivity index (χ1) is 9.78. The summed E-state index contributed by atoms with van der Waals surface area (Å²) in [6.07, 6.45) is 4.68. The number of benzene rings is 1. The molecule has 1 N–H and O–H groups in total. The molecule has 4 heteroatoms. The fourth-order valence-electron chi connectivity index (χ4n) is 2.54. The molecule has 1 atom stereocenters. The first-order valence-corrected chi connectivity index (χ1v) is 6.77. The Balaban J connectivity index is 1.98. The second-order valence-electron chi connectivity index (χ2n) is 4.94. The molecule has 3 aromatic rings. The molecule has 0 aliphatic heterocycles. The number of aryl methyl sites for hydroxylation is 1. The Morgan fingerprint density at radius 3 is 2.80 bits per heavy atom. The summed E-state index contributed by atoms with van der Waals surface area (Å²) in [7, 11) is 3.91. The number of nitrogens with one attached hydrogen (secondary N) is 1. The highest BCUT2D eigenvalue weighted by atomic mass is 15.2. The third kappa shape index (κ3) is 2.42. The lowest BCUT2D eigenvalue weighted by atomic mass is 10.0. The largest absolute Gasteiger partial charge is 0.311 e. The zero-order valence-corrected chi connectivity index (χ0v) is 11.7. The molecule has 0 saturated heterocycles. The van der Waals surface area contributed by atoms with E-state index < -0.39 is 0 Å². The molecular formula is C16H18N4. The summed E-state index contributed by atoms with van der Waals surface area (Å²) in [6.45, 7) is 0. The Morgan fingerprint density at radius 2 is 2.05 bits per heavy atom. The number of fused-ring (bicyclic) bond motifs is 1. The normalized spacial score (nSPS) is 12.7. The number of likely N-dealkylation sites (N-methyl/N-ethyl adjacent to an activating group) is 1. The van der Waals surface area contributed by atoms with E-state index in [4.69, 9.17) is 0 Å². The van der Waals surface area contributed by atoms with Crippen molar-refractivity contribution in [3.63, 3.8) is 0 Å². The fourth-order valence-corrected chi connectivity index (χ4v) is 2.54. The van der Waals surface area contributed by atoms with E-state index in [1.807, 2.05) is 37.2 Å². The van der Waals surface area contributed by atoms with Crippen LogP contribution in [0.4, 0.5) is 0 Å². The fraction of sp³-hybridized carbons (Fsp3) is 0.250. The smallest absolute Gasteiger partial charge is 0.0655 e. The molecule has 0 radical (unpaired) electrons. The van der Waals surface area contributed by atoms with E-state index in [2.05, 4.69) is 45.7 Å². The molecule has 102 valence electrons. The lowest BCUT2D eigenvalue weighted by Crippen LogP contribution is -2.20. The van der Waals surface area contributed by atoms with Crippen molar-refractivity contribution in [2.45, 2.75) is 12.5 Å². The zero-order valence-electron chi connectivity index (χ0n) is 11.7. The van der Waals surface area contributed by atoms with Crippen LogP contribution in [0, 0.1) is 0 Å². The predicted molar refractivity (Wildman–Crippen MR) is 80.5 cm³/mol. The van der Waals surface area contributed by atoms with Gasteiger partial charge in [0, 0.05) is 31.2 Å². The highest BCUT2D eigenvalue weighted by Gasteiger charge is 2.15. The summed E-state index contributed by atoms with van der Waals surface area (Å²) in [5, 5.41) is 10.2. The van der Waals surface area contributed by atoms with E-state index in [0.717, 1.165) is 17.8 Å². The summed E-state index contributed by atoms with van der Waals surface area (Å²) >= 11 is 0. The van der Waals surface area contributed by atoms with E-state index in [1.54, 1.807) is 0 Å². The molecule has 0 saturated carbocycles. The lowest BCUT2D eigenvalue weighted by molar-refractivity contribution is 0.567. The molecule has 0 bridgehead atoms. The van der Waals surface area contributed by atoms with Gasteiger partial charge >= 0.3 is 0 Å². The number of aromatic nitrogens is 3. The average Bonchev–Trinajstić information content (AvgIpc) is 2.89. The standard InChI is InChI=1S/C16H18N4/c1-17-15(11-13-8-10-20(2)19-13)16-14-6-4-3-5-12(14)7-9-18-16/h3-10,15,17H,11H2,1-2H3. The van der Waals surface area contributed by atoms with Crippen LogP contribution >= 0.6 is 0 Å². The minimum Gasteiger partial charge on any atom is -0.311 e. The van der Waals surface area contributed by atoms with Crippen molar-refractivity contribution >= 4 is 10.8 Å². The Kier molecular flexibility index (Phi) is 3.48. The molecule has 0 amide bonds. The number of pyridine rings is 1. The number of hydrogen-bond donors (Lipinski definition) is 1. The van der Waals surface area contributed by atoms with E-state index in [-0.39, 0.29) is 6.04 Å². The SMILES string of the molecule is CNC(Cc1ccn(C)n1)c1nccc2ccccc12. The molecule has 20 heavy (non-hydrogen) atoms. The quantitative estimate of drug-likeness (QED) is 0.789. The maximum Gasteiger partial charge on any atom is 0.0655 e. The van der Waals surface area contributed by atoms with Gasteiger partial charge in [-0.3, -0.25) is 9.67 Å². The Bertz CT molecular complexity index is 712. The Hall–Kier alpha value is -2.20. The van der Waals surface area contributed by atoms with Crippen LogP contribution in [0.25, 0.3) is 10.8 Å². The van der Waals surface area contributed by atoms with Crippen LogP contribution in [0.15, 0.2) is 48.8 Å². The van der Waals surface area contributed by atoms with Crippen LogP contribution in [0.5, 0.6) is 0 Å². The molecule has 2 heterocycles. The van der Waals surface area contributed by atoms with Crippen molar-refractivity contribution < 1.29 is 0 Å². The molecule has 1 unspecified atom stereocenters. The number of nitrogens with zero attached hydrogens (tertiary/aromatic N) is 3. The molecule has 0 fully saturated rings. The molecule has 0 aliphatic rings. The van der Waals surface area contributed by atoms with Crippen molar-refractivity contribution in [2.75, 3.05) is 7.05 Å². The zero-order chi connectivity index (χ0) is 13.9. The molecule has 0 spiro atoms. The van der Waals surface area contributed by atoms with Crippen LogP contribution in [0.2, 0.25) is 0 Å². The summed E-state index contributed by atoms with van der Waals surface area (Å²) < 4.78 is 1.83. The van der Waals surface area contributed by atoms with Gasteiger partial charge in [-0.1, -0.05) is 24.3 Å². The van der Waals surface area contributed by atoms with E-state index >= 15 is 0 Å². The summed E-state index contributed by atoms with van der Waals surface area (Å²) in [6, 6.07) is 12.6. The molecule has 1 aromatic carbocycles. The molecule has 3 rings (SSSR count). The van der Waals surface area contributed by atoms with Gasteiger partial charge in [0.2, 0.25) is 0 Å². The number of hydrogen-bond acceptors (Lipinski definition) is 3. The van der Waals surface area contributed by atoms with Gasteiger partial charge in [0.1, 0.15) is 0 Å². The molecular weight excluding hydrogens is 248 g/mol. The summed E-state index contributed by atoms with van der Waals surface area (Å²) in [4.78, 5) is 4.58. The molecule has 4 nitrogen and oxygen atoms in total. The van der Waals surface area contributed by atoms with Crippen LogP contribution < -0.4 is 5.32 Å². The maximum absolute atomic E-state index is 4.58. The van der Waals surface area contributed by atoms with Crippen LogP contribution in [-0.2, 0) is 13.5 Å². The topological polar surface area (TPSA) is 42.7 Å². The second-order valence-corrected chi connectivity index (χ2v) is 4.94. The van der Waals surface area contributed by atoms with Crippen LogP contribution in [0.3, 0.4) is 0 Å². The molecule has 2 aromatic heterocycles. The van der Waals surface area contributed by atoms with Crippen molar-refractivity contribution in [2.24, 2.45) is 7.05 Å². The Morgan fingerprint density at radius 1 is 1.20 bits per heavy atom. The van der Waals surface area contributed by atoms with Gasteiger partial charge in [-0.15, -0.1) is 0 Å². The maximum atomic E-state index is 4.58. The van der Waals surface area contributed by atoms with Gasteiger partial charge in [-0.05, 0) is 24.6 Å². The van der Waals surface area contributed by atoms with E-state index in [1.165, 1.54) is 10.8 Å². The van der Waals surface area contributed by atoms with E-state index in [0.29, 0.717) is 0 Å². The highest BCUT2D eigenvalue weighted by molar-refractivity contribution is 5.84. The minimum absolute atomic E-state index is 0.163. The van der Waals surface area contributed by atoms with Gasteiger partial charge in [-0.2, -0.15) is 5.10 Å². The van der Waals surface area contributed by atoms with Gasteiger partial charge in [0.25, 0.3) is 0 Å². The average molecular weight is 266 g/mol. The molecule has 0 aliphatic carbocycles. The van der Waals surface area contributed by atoms with Gasteiger partial charge < -0.3 is 5.32 Å².